The van der Waals surface area contributed by atoms with Crippen LogP contribution in [0.15, 0.2) is 59.5 Å². The molecule has 0 aromatic heterocycles. The van der Waals surface area contributed by atoms with Gasteiger partial charge in [-0.15, -0.1) is 0 Å². The minimum absolute atomic E-state index is 0.0847. The van der Waals surface area contributed by atoms with Gasteiger partial charge in [0.2, 0.25) is 10.0 Å². The number of carbonyl (C=O) groups excluding carboxylic acids is 1. The number of non-ortho nitro benzene ring substituents is 1. The monoisotopic (exact) mass is 392 g/mol. The van der Waals surface area contributed by atoms with E-state index < -0.39 is 27.0 Å². The van der Waals surface area contributed by atoms with Crippen LogP contribution in [0.25, 0.3) is 0 Å². The van der Waals surface area contributed by atoms with Crippen LogP contribution in [0, 0.1) is 10.1 Å². The van der Waals surface area contributed by atoms with Crippen LogP contribution in [0.3, 0.4) is 0 Å². The lowest BCUT2D eigenvalue weighted by molar-refractivity contribution is -0.384. The molecule has 9 heteroatoms. The van der Waals surface area contributed by atoms with E-state index in [1.165, 1.54) is 26.3 Å². The molecule has 144 valence electrons. The van der Waals surface area contributed by atoms with E-state index in [4.69, 9.17) is 4.74 Å². The Labute approximate surface area is 157 Å². The topological polar surface area (TPSA) is 107 Å². The average Bonchev–Trinajstić information content (AvgIpc) is 2.67. The molecule has 0 bridgehead atoms. The van der Waals surface area contributed by atoms with Crippen LogP contribution >= 0.6 is 0 Å². The zero-order valence-corrected chi connectivity index (χ0v) is 15.8. The summed E-state index contributed by atoms with van der Waals surface area (Å²) < 4.78 is 31.6. The average molecular weight is 392 g/mol. The Balaban J connectivity index is 2.32. The lowest BCUT2D eigenvalue weighted by atomic mass is 10.0. The summed E-state index contributed by atoms with van der Waals surface area (Å²) in [6, 6.07) is 13.2. The zero-order chi connectivity index (χ0) is 20.0. The number of nitrogens with zero attached hydrogens (tertiary/aromatic N) is 2. The second-order valence-electron chi connectivity index (χ2n) is 5.90. The number of likely N-dealkylation sites (N-methyl/N-ethyl adjacent to an activating group) is 1. The third kappa shape index (κ3) is 5.11. The Hall–Kier alpha value is -2.78. The highest BCUT2D eigenvalue weighted by molar-refractivity contribution is 7.89. The van der Waals surface area contributed by atoms with Crippen molar-refractivity contribution in [1.29, 1.82) is 0 Å². The predicted octanol–water partition coefficient (Wildman–Crippen LogP) is 2.39. The van der Waals surface area contributed by atoms with Gasteiger partial charge < -0.3 is 4.74 Å². The molecule has 0 heterocycles. The summed E-state index contributed by atoms with van der Waals surface area (Å²) in [5.41, 5.74) is 0.671. The van der Waals surface area contributed by atoms with Crippen LogP contribution in [0.1, 0.15) is 12.0 Å². The molecular formula is C18H20N2O6S. The van der Waals surface area contributed by atoms with Crippen LogP contribution in [-0.4, -0.2) is 43.8 Å². The van der Waals surface area contributed by atoms with Gasteiger partial charge in [0.05, 0.1) is 23.3 Å². The third-order valence-electron chi connectivity index (χ3n) is 4.18. The fourth-order valence-electron chi connectivity index (χ4n) is 2.59. The molecule has 27 heavy (non-hydrogen) atoms. The molecule has 0 unspecified atom stereocenters. The highest BCUT2D eigenvalue weighted by atomic mass is 32.2. The normalized spacial score (nSPS) is 12.6. The number of benzene rings is 2. The summed E-state index contributed by atoms with van der Waals surface area (Å²) in [5, 5.41) is 10.8. The summed E-state index contributed by atoms with van der Waals surface area (Å²) in [6.07, 6.45) is 0.201. The second-order valence-corrected chi connectivity index (χ2v) is 7.89. The first-order chi connectivity index (χ1) is 12.8. The number of esters is 1. The fourth-order valence-corrected chi connectivity index (χ4v) is 3.95. The number of sulfonamides is 1. The van der Waals surface area contributed by atoms with Crippen molar-refractivity contribution in [2.75, 3.05) is 14.2 Å². The molecule has 0 radical (unpaired) electrons. The number of hydrogen-bond donors (Lipinski definition) is 0. The second kappa shape index (κ2) is 8.74. The summed E-state index contributed by atoms with van der Waals surface area (Å²) in [4.78, 5) is 21.9. The molecule has 0 spiro atoms. The number of ether oxygens (including phenoxy) is 1. The van der Waals surface area contributed by atoms with Gasteiger partial charge in [0, 0.05) is 25.2 Å². The van der Waals surface area contributed by atoms with Crippen molar-refractivity contribution >= 4 is 21.7 Å². The zero-order valence-electron chi connectivity index (χ0n) is 14.9. The number of nitro groups is 1. The van der Waals surface area contributed by atoms with Gasteiger partial charge in [-0.2, -0.15) is 4.31 Å². The molecule has 0 N–H and O–H groups in total. The SMILES string of the molecule is COC(=O)C[C@H](Cc1ccccc1)N(C)S(=O)(=O)c1ccc([N+](=O)[O-])cc1. The number of carbonyl (C=O) groups is 1. The van der Waals surface area contributed by atoms with E-state index in [-0.39, 0.29) is 17.0 Å². The van der Waals surface area contributed by atoms with E-state index in [0.29, 0.717) is 6.42 Å². The van der Waals surface area contributed by atoms with E-state index in [1.807, 2.05) is 30.3 Å². The van der Waals surface area contributed by atoms with Gasteiger partial charge in [0.25, 0.3) is 5.69 Å². The summed E-state index contributed by atoms with van der Waals surface area (Å²) in [7, 11) is -1.33. The van der Waals surface area contributed by atoms with E-state index in [0.717, 1.165) is 22.0 Å². The van der Waals surface area contributed by atoms with E-state index in [1.54, 1.807) is 0 Å². The predicted molar refractivity (Wildman–Crippen MR) is 98.6 cm³/mol. The van der Waals surface area contributed by atoms with Gasteiger partial charge in [-0.25, -0.2) is 8.42 Å². The van der Waals surface area contributed by atoms with Gasteiger partial charge in [-0.3, -0.25) is 14.9 Å². The van der Waals surface area contributed by atoms with Gasteiger partial charge in [0.15, 0.2) is 0 Å². The Morgan fingerprint density at radius 2 is 1.74 bits per heavy atom. The fraction of sp³-hybridized carbons (Fsp3) is 0.278. The smallest absolute Gasteiger partial charge is 0.307 e. The first-order valence-corrected chi connectivity index (χ1v) is 9.53. The highest BCUT2D eigenvalue weighted by Gasteiger charge is 2.30. The van der Waals surface area contributed by atoms with Crippen LogP contribution in [-0.2, 0) is 26.0 Å². The molecule has 0 aliphatic rings. The standard InChI is InChI=1S/C18H20N2O6S/c1-19(27(24,25)17-10-8-15(9-11-17)20(22)23)16(13-18(21)26-2)12-14-6-4-3-5-7-14/h3-11,16H,12-13H2,1-2H3/t16-/m0/s1. The maximum atomic E-state index is 12.9. The lowest BCUT2D eigenvalue weighted by Crippen LogP contribution is -2.40. The van der Waals surface area contributed by atoms with Crippen molar-refractivity contribution in [2.45, 2.75) is 23.8 Å². The van der Waals surface area contributed by atoms with Gasteiger partial charge in [-0.1, -0.05) is 30.3 Å². The minimum atomic E-state index is -3.95. The van der Waals surface area contributed by atoms with Crippen molar-refractivity contribution in [1.82, 2.24) is 4.31 Å². The molecule has 2 aromatic carbocycles. The molecule has 0 aliphatic carbocycles. The number of rotatable bonds is 8. The van der Waals surface area contributed by atoms with Crippen LogP contribution in [0.2, 0.25) is 0 Å². The molecule has 2 rings (SSSR count). The molecule has 8 nitrogen and oxygen atoms in total. The molecule has 0 fully saturated rings. The summed E-state index contributed by atoms with van der Waals surface area (Å²) in [5.74, 6) is -0.526. The van der Waals surface area contributed by atoms with Gasteiger partial charge >= 0.3 is 5.97 Å². The van der Waals surface area contributed by atoms with E-state index >= 15 is 0 Å². The summed E-state index contributed by atoms with van der Waals surface area (Å²) >= 11 is 0. The van der Waals surface area contributed by atoms with Crippen LogP contribution in [0.4, 0.5) is 5.69 Å². The summed E-state index contributed by atoms with van der Waals surface area (Å²) in [6.45, 7) is 0. The third-order valence-corrected chi connectivity index (χ3v) is 6.11. The Morgan fingerprint density at radius 3 is 2.26 bits per heavy atom. The minimum Gasteiger partial charge on any atom is -0.469 e. The molecule has 0 saturated carbocycles. The van der Waals surface area contributed by atoms with Crippen molar-refractivity contribution < 1.29 is 22.9 Å². The maximum absolute atomic E-state index is 12.9. The molecular weight excluding hydrogens is 372 g/mol. The van der Waals surface area contributed by atoms with Gasteiger partial charge in [-0.05, 0) is 24.1 Å². The van der Waals surface area contributed by atoms with Crippen molar-refractivity contribution in [3.8, 4) is 0 Å². The maximum Gasteiger partial charge on any atom is 0.307 e. The molecule has 0 amide bonds. The highest BCUT2D eigenvalue weighted by Crippen LogP contribution is 2.23. The van der Waals surface area contributed by atoms with Crippen molar-refractivity contribution in [3.05, 3.63) is 70.3 Å². The molecule has 0 saturated heterocycles. The molecule has 2 aromatic rings. The van der Waals surface area contributed by atoms with Crippen LogP contribution in [0.5, 0.6) is 0 Å². The first kappa shape index (κ1) is 20.5. The van der Waals surface area contributed by atoms with Crippen molar-refractivity contribution in [2.24, 2.45) is 0 Å². The quantitative estimate of drug-likeness (QED) is 0.388. The lowest BCUT2D eigenvalue weighted by Gasteiger charge is -2.27. The Morgan fingerprint density at radius 1 is 1.15 bits per heavy atom. The number of methoxy groups -OCH3 is 1. The molecule has 1 atom stereocenters. The number of hydrogen-bond acceptors (Lipinski definition) is 6. The van der Waals surface area contributed by atoms with Crippen LogP contribution < -0.4 is 0 Å². The Kier molecular flexibility index (Phi) is 6.65. The first-order valence-electron chi connectivity index (χ1n) is 8.09. The number of nitro benzene ring substituents is 1. The van der Waals surface area contributed by atoms with Gasteiger partial charge in [0.1, 0.15) is 0 Å². The largest absolute Gasteiger partial charge is 0.469 e. The Bertz CT molecular complexity index is 897. The van der Waals surface area contributed by atoms with E-state index in [9.17, 15) is 23.3 Å². The van der Waals surface area contributed by atoms with Crippen molar-refractivity contribution in [3.63, 3.8) is 0 Å². The molecule has 0 aliphatic heterocycles. The van der Waals surface area contributed by atoms with E-state index in [2.05, 4.69) is 0 Å².